The number of carbonyl (C=O) groups is 1. The van der Waals surface area contributed by atoms with Crippen molar-refractivity contribution in [2.24, 2.45) is 0 Å². The molecule has 0 radical (unpaired) electrons. The highest BCUT2D eigenvalue weighted by atomic mass is 16.5. The second-order valence-electron chi connectivity index (χ2n) is 5.59. The van der Waals surface area contributed by atoms with Crippen LogP contribution in [0.5, 0.6) is 0 Å². The average Bonchev–Trinajstić information content (AvgIpc) is 2.91. The van der Waals surface area contributed by atoms with Gasteiger partial charge < -0.3 is 19.9 Å². The van der Waals surface area contributed by atoms with Crippen LogP contribution in [0.3, 0.4) is 0 Å². The Hall–Kier alpha value is -1.60. The number of nitrogens with one attached hydrogen (secondary N) is 2. The quantitative estimate of drug-likeness (QED) is 0.791. The lowest BCUT2D eigenvalue weighted by molar-refractivity contribution is 0.0349. The van der Waals surface area contributed by atoms with Crippen LogP contribution in [0.25, 0.3) is 0 Å². The molecule has 1 aliphatic rings. The molecule has 0 aliphatic carbocycles. The van der Waals surface area contributed by atoms with Crippen molar-refractivity contribution in [2.75, 3.05) is 32.8 Å². The van der Waals surface area contributed by atoms with Gasteiger partial charge in [-0.05, 0) is 13.8 Å². The molecule has 7 heteroatoms. The zero-order valence-corrected chi connectivity index (χ0v) is 12.8. The summed E-state index contributed by atoms with van der Waals surface area (Å²) in [5.74, 6) is 0. The number of rotatable bonds is 6. The van der Waals surface area contributed by atoms with Gasteiger partial charge >= 0.3 is 6.03 Å². The van der Waals surface area contributed by atoms with Crippen LogP contribution in [0.1, 0.15) is 13.8 Å². The van der Waals surface area contributed by atoms with E-state index in [2.05, 4.69) is 20.5 Å². The Morgan fingerprint density at radius 3 is 2.52 bits per heavy atom. The molecule has 7 nitrogen and oxygen atoms in total. The molecule has 0 aromatic carbocycles. The van der Waals surface area contributed by atoms with E-state index in [4.69, 9.17) is 4.74 Å². The van der Waals surface area contributed by atoms with Gasteiger partial charge in [-0.15, -0.1) is 0 Å². The number of carbonyl (C=O) groups excluding carboxylic acids is 1. The van der Waals surface area contributed by atoms with Crippen molar-refractivity contribution >= 4 is 6.03 Å². The number of hydrogen-bond acceptors (Lipinski definition) is 4. The van der Waals surface area contributed by atoms with Crippen molar-refractivity contribution < 1.29 is 9.53 Å². The average molecular weight is 295 g/mol. The van der Waals surface area contributed by atoms with Gasteiger partial charge in [0.2, 0.25) is 0 Å². The summed E-state index contributed by atoms with van der Waals surface area (Å²) in [6.45, 7) is 9.00. The zero-order valence-electron chi connectivity index (χ0n) is 12.8. The molecule has 0 unspecified atom stereocenters. The predicted molar refractivity (Wildman–Crippen MR) is 80.1 cm³/mol. The minimum atomic E-state index is -0.122. The summed E-state index contributed by atoms with van der Waals surface area (Å²) in [5.41, 5.74) is 0. The molecule has 2 rings (SSSR count). The highest BCUT2D eigenvalue weighted by Gasteiger charge is 2.16. The van der Waals surface area contributed by atoms with Gasteiger partial charge in [0.1, 0.15) is 0 Å². The van der Waals surface area contributed by atoms with Crippen LogP contribution in [0.2, 0.25) is 0 Å². The normalized spacial score (nSPS) is 19.0. The van der Waals surface area contributed by atoms with Gasteiger partial charge in [-0.1, -0.05) is 0 Å². The second kappa shape index (κ2) is 7.99. The van der Waals surface area contributed by atoms with Crippen LogP contribution in [-0.4, -0.2) is 65.4 Å². The zero-order chi connectivity index (χ0) is 15.1. The second-order valence-corrected chi connectivity index (χ2v) is 5.59. The molecule has 0 bridgehead atoms. The first-order valence-corrected chi connectivity index (χ1v) is 7.46. The first-order valence-electron chi connectivity index (χ1n) is 7.46. The van der Waals surface area contributed by atoms with Crippen molar-refractivity contribution in [1.82, 2.24) is 25.1 Å². The largest absolute Gasteiger partial charge is 0.379 e. The molecule has 1 aliphatic heterocycles. The maximum absolute atomic E-state index is 11.9. The molecule has 118 valence electrons. The van der Waals surface area contributed by atoms with E-state index in [1.165, 1.54) is 0 Å². The van der Waals surface area contributed by atoms with Crippen molar-refractivity contribution in [3.8, 4) is 0 Å². The molecular formula is C14H25N5O2. The van der Waals surface area contributed by atoms with E-state index in [0.717, 1.165) is 32.8 Å². The van der Waals surface area contributed by atoms with Crippen molar-refractivity contribution in [2.45, 2.75) is 32.5 Å². The molecule has 21 heavy (non-hydrogen) atoms. The fraction of sp³-hybridized carbons (Fsp3) is 0.714. The third-order valence-corrected chi connectivity index (χ3v) is 3.43. The van der Waals surface area contributed by atoms with Gasteiger partial charge in [-0.25, -0.2) is 9.78 Å². The molecule has 1 aromatic rings. The first-order chi connectivity index (χ1) is 10.1. The Balaban J connectivity index is 1.65. The van der Waals surface area contributed by atoms with Crippen molar-refractivity contribution in [1.29, 1.82) is 0 Å². The Labute approximate surface area is 125 Å². The molecule has 2 N–H and O–H groups in total. The fourth-order valence-electron chi connectivity index (χ4n) is 2.46. The highest BCUT2D eigenvalue weighted by molar-refractivity contribution is 5.74. The molecular weight excluding hydrogens is 270 g/mol. The van der Waals surface area contributed by atoms with Crippen molar-refractivity contribution in [3.63, 3.8) is 0 Å². The number of amides is 2. The van der Waals surface area contributed by atoms with Crippen LogP contribution >= 0.6 is 0 Å². The fourth-order valence-corrected chi connectivity index (χ4v) is 2.46. The maximum atomic E-state index is 11.9. The number of urea groups is 1. The van der Waals surface area contributed by atoms with Gasteiger partial charge in [0.05, 0.1) is 19.5 Å². The van der Waals surface area contributed by atoms with Gasteiger partial charge in [0, 0.05) is 50.7 Å². The standard InChI is InChI=1S/C14H25N5O2/c1-12(9-18-5-7-21-8-6-18)16-14(20)17-13(2)10-19-4-3-15-11-19/h3-4,11-13H,5-10H2,1-2H3,(H2,16,17,20)/t12-,13-/m0/s1. The highest BCUT2D eigenvalue weighted by Crippen LogP contribution is 1.98. The molecule has 0 saturated carbocycles. The van der Waals surface area contributed by atoms with Gasteiger partial charge in [0.25, 0.3) is 0 Å². The Morgan fingerprint density at radius 1 is 1.24 bits per heavy atom. The van der Waals surface area contributed by atoms with E-state index >= 15 is 0 Å². The summed E-state index contributed by atoms with van der Waals surface area (Å²) in [5, 5.41) is 5.92. The van der Waals surface area contributed by atoms with E-state index in [9.17, 15) is 4.79 Å². The van der Waals surface area contributed by atoms with E-state index in [-0.39, 0.29) is 18.1 Å². The summed E-state index contributed by atoms with van der Waals surface area (Å²) in [6, 6.07) is 0.0432. The third-order valence-electron chi connectivity index (χ3n) is 3.43. The number of imidazole rings is 1. The number of nitrogens with zero attached hydrogens (tertiary/aromatic N) is 3. The lowest BCUT2D eigenvalue weighted by Gasteiger charge is -2.29. The molecule has 1 fully saturated rings. The third kappa shape index (κ3) is 5.73. The monoisotopic (exact) mass is 295 g/mol. The maximum Gasteiger partial charge on any atom is 0.315 e. The van der Waals surface area contributed by atoms with E-state index in [1.54, 1.807) is 12.5 Å². The summed E-state index contributed by atoms with van der Waals surface area (Å²) < 4.78 is 7.26. The minimum Gasteiger partial charge on any atom is -0.379 e. The smallest absolute Gasteiger partial charge is 0.315 e. The molecule has 1 saturated heterocycles. The predicted octanol–water partition coefficient (Wildman–Crippen LogP) is 0.292. The van der Waals surface area contributed by atoms with Crippen LogP contribution in [0, 0.1) is 0 Å². The Kier molecular flexibility index (Phi) is 6.01. The molecule has 1 aromatic heterocycles. The topological polar surface area (TPSA) is 71.4 Å². The van der Waals surface area contributed by atoms with E-state index < -0.39 is 0 Å². The van der Waals surface area contributed by atoms with E-state index in [0.29, 0.717) is 6.54 Å². The SMILES string of the molecule is C[C@@H](CN1CCOCC1)NC(=O)N[C@@H](C)Cn1ccnc1. The molecule has 2 atom stereocenters. The molecule has 2 heterocycles. The van der Waals surface area contributed by atoms with Crippen LogP contribution in [0.15, 0.2) is 18.7 Å². The Morgan fingerprint density at radius 2 is 1.90 bits per heavy atom. The Bertz CT molecular complexity index is 417. The lowest BCUT2D eigenvalue weighted by atomic mass is 10.3. The minimum absolute atomic E-state index is 0.0507. The van der Waals surface area contributed by atoms with Crippen LogP contribution in [-0.2, 0) is 11.3 Å². The number of ether oxygens (including phenoxy) is 1. The molecule has 2 amide bonds. The van der Waals surface area contributed by atoms with Gasteiger partial charge in [-0.3, -0.25) is 4.90 Å². The van der Waals surface area contributed by atoms with Crippen molar-refractivity contribution in [3.05, 3.63) is 18.7 Å². The lowest BCUT2D eigenvalue weighted by Crippen LogP contribution is -2.50. The summed E-state index contributed by atoms with van der Waals surface area (Å²) in [4.78, 5) is 18.2. The first kappa shape index (κ1) is 15.8. The summed E-state index contributed by atoms with van der Waals surface area (Å²) >= 11 is 0. The summed E-state index contributed by atoms with van der Waals surface area (Å²) in [7, 11) is 0. The molecule has 0 spiro atoms. The summed E-state index contributed by atoms with van der Waals surface area (Å²) in [6.07, 6.45) is 5.37. The van der Waals surface area contributed by atoms with E-state index in [1.807, 2.05) is 24.6 Å². The number of morpholine rings is 1. The van der Waals surface area contributed by atoms with Crippen LogP contribution < -0.4 is 10.6 Å². The number of hydrogen-bond donors (Lipinski definition) is 2. The number of aromatic nitrogens is 2. The van der Waals surface area contributed by atoms with Gasteiger partial charge in [0.15, 0.2) is 0 Å². The van der Waals surface area contributed by atoms with Gasteiger partial charge in [-0.2, -0.15) is 0 Å². The van der Waals surface area contributed by atoms with Crippen LogP contribution in [0.4, 0.5) is 4.79 Å².